The number of nitrogens with zero attached hydrogens (tertiary/aromatic N) is 3. The molecule has 0 bridgehead atoms. The SMILES string of the molecule is COc1ccc(Cl)cc1S(=O)(=O)N1CCC(COc2cccc3nc(N)nc(N)c23)CC1. The summed E-state index contributed by atoms with van der Waals surface area (Å²) < 4.78 is 39.0. The molecule has 1 aliphatic rings. The Morgan fingerprint density at radius 1 is 1.12 bits per heavy atom. The molecule has 0 aliphatic carbocycles. The van der Waals surface area contributed by atoms with Crippen LogP contribution in [0.15, 0.2) is 41.3 Å². The van der Waals surface area contributed by atoms with E-state index in [1.807, 2.05) is 12.1 Å². The zero-order chi connectivity index (χ0) is 22.9. The quantitative estimate of drug-likeness (QED) is 0.553. The van der Waals surface area contributed by atoms with E-state index in [0.717, 1.165) is 0 Å². The number of hydrogen-bond acceptors (Lipinski definition) is 8. The molecule has 9 nitrogen and oxygen atoms in total. The first-order chi connectivity index (χ1) is 15.3. The maximum absolute atomic E-state index is 13.1. The number of hydrogen-bond donors (Lipinski definition) is 2. The Morgan fingerprint density at radius 2 is 1.88 bits per heavy atom. The fraction of sp³-hybridized carbons (Fsp3) is 0.333. The minimum atomic E-state index is -3.72. The number of aromatic nitrogens is 2. The van der Waals surface area contributed by atoms with Crippen LogP contribution < -0.4 is 20.9 Å². The van der Waals surface area contributed by atoms with E-state index in [9.17, 15) is 8.42 Å². The third-order valence-electron chi connectivity index (χ3n) is 5.52. The molecule has 4 N–H and O–H groups in total. The molecule has 32 heavy (non-hydrogen) atoms. The topological polar surface area (TPSA) is 134 Å². The van der Waals surface area contributed by atoms with Gasteiger partial charge in [0.05, 0.1) is 24.6 Å². The highest BCUT2D eigenvalue weighted by Gasteiger charge is 2.32. The maximum atomic E-state index is 13.1. The molecule has 0 saturated carbocycles. The van der Waals surface area contributed by atoms with Crippen molar-refractivity contribution in [3.05, 3.63) is 41.4 Å². The van der Waals surface area contributed by atoms with E-state index in [-0.39, 0.29) is 28.3 Å². The maximum Gasteiger partial charge on any atom is 0.246 e. The monoisotopic (exact) mass is 477 g/mol. The van der Waals surface area contributed by atoms with Gasteiger partial charge in [-0.3, -0.25) is 0 Å². The first kappa shape index (κ1) is 22.4. The Bertz CT molecular complexity index is 1250. The Hall–Kier alpha value is -2.82. The highest BCUT2D eigenvalue weighted by atomic mass is 35.5. The number of benzene rings is 2. The largest absolute Gasteiger partial charge is 0.495 e. The van der Waals surface area contributed by atoms with E-state index in [2.05, 4.69) is 9.97 Å². The van der Waals surface area contributed by atoms with Gasteiger partial charge in [0, 0.05) is 18.1 Å². The highest BCUT2D eigenvalue weighted by molar-refractivity contribution is 7.89. The number of fused-ring (bicyclic) bond motifs is 1. The number of nitrogen functional groups attached to an aromatic ring is 2. The Kier molecular flexibility index (Phi) is 6.27. The predicted octanol–water partition coefficient (Wildman–Crippen LogP) is 2.94. The summed E-state index contributed by atoms with van der Waals surface area (Å²) in [7, 11) is -2.28. The van der Waals surface area contributed by atoms with Crippen LogP contribution >= 0.6 is 11.6 Å². The molecule has 0 atom stereocenters. The molecular formula is C21H24ClN5O4S. The summed E-state index contributed by atoms with van der Waals surface area (Å²) in [4.78, 5) is 8.28. The van der Waals surface area contributed by atoms with Gasteiger partial charge in [0.15, 0.2) is 0 Å². The average Bonchev–Trinajstić information content (AvgIpc) is 2.77. The van der Waals surface area contributed by atoms with Crippen LogP contribution in [-0.4, -0.2) is 49.5 Å². The Balaban J connectivity index is 1.43. The van der Waals surface area contributed by atoms with Crippen LogP contribution in [0.25, 0.3) is 10.9 Å². The van der Waals surface area contributed by atoms with Crippen molar-refractivity contribution < 1.29 is 17.9 Å². The first-order valence-corrected chi connectivity index (χ1v) is 11.9. The lowest BCUT2D eigenvalue weighted by molar-refractivity contribution is 0.186. The van der Waals surface area contributed by atoms with Gasteiger partial charge in [-0.2, -0.15) is 9.29 Å². The van der Waals surface area contributed by atoms with Crippen LogP contribution in [0.3, 0.4) is 0 Å². The minimum Gasteiger partial charge on any atom is -0.495 e. The number of methoxy groups -OCH3 is 1. The highest BCUT2D eigenvalue weighted by Crippen LogP contribution is 2.33. The number of anilines is 2. The molecule has 1 saturated heterocycles. The summed E-state index contributed by atoms with van der Waals surface area (Å²) in [5.41, 5.74) is 12.3. The van der Waals surface area contributed by atoms with Crippen LogP contribution in [0.4, 0.5) is 11.8 Å². The number of sulfonamides is 1. The van der Waals surface area contributed by atoms with E-state index < -0.39 is 10.0 Å². The van der Waals surface area contributed by atoms with Gasteiger partial charge in [-0.05, 0) is 49.1 Å². The molecule has 2 aromatic carbocycles. The Morgan fingerprint density at radius 3 is 2.59 bits per heavy atom. The van der Waals surface area contributed by atoms with E-state index in [1.165, 1.54) is 17.5 Å². The second-order valence-electron chi connectivity index (χ2n) is 7.57. The van der Waals surface area contributed by atoms with Gasteiger partial charge in [0.2, 0.25) is 16.0 Å². The van der Waals surface area contributed by atoms with Crippen molar-refractivity contribution in [2.75, 3.05) is 38.3 Å². The summed E-state index contributed by atoms with van der Waals surface area (Å²) in [6, 6.07) is 10.0. The van der Waals surface area contributed by atoms with Crippen molar-refractivity contribution in [2.24, 2.45) is 5.92 Å². The van der Waals surface area contributed by atoms with Gasteiger partial charge in [0.25, 0.3) is 0 Å². The standard InChI is InChI=1S/C21H24ClN5O4S/c1-30-16-6-5-14(22)11-18(16)32(28,29)27-9-7-13(8-10-27)12-31-17-4-2-3-15-19(17)20(23)26-21(24)25-15/h2-6,11,13H,7-10,12H2,1H3,(H4,23,24,25,26). The molecule has 1 aliphatic heterocycles. The molecule has 3 aromatic rings. The molecule has 4 rings (SSSR count). The summed E-state index contributed by atoms with van der Waals surface area (Å²) in [6.07, 6.45) is 1.32. The van der Waals surface area contributed by atoms with Crippen LogP contribution in [0.1, 0.15) is 12.8 Å². The van der Waals surface area contributed by atoms with Gasteiger partial charge >= 0.3 is 0 Å². The number of nitrogens with two attached hydrogens (primary N) is 2. The fourth-order valence-electron chi connectivity index (χ4n) is 3.83. The Labute approximate surface area is 191 Å². The zero-order valence-corrected chi connectivity index (χ0v) is 19.1. The van der Waals surface area contributed by atoms with Crippen molar-refractivity contribution in [3.63, 3.8) is 0 Å². The minimum absolute atomic E-state index is 0.0766. The number of piperidine rings is 1. The van der Waals surface area contributed by atoms with Crippen molar-refractivity contribution in [1.82, 2.24) is 14.3 Å². The van der Waals surface area contributed by atoms with E-state index in [4.69, 9.17) is 32.5 Å². The second-order valence-corrected chi connectivity index (χ2v) is 9.91. The van der Waals surface area contributed by atoms with Gasteiger partial charge < -0.3 is 20.9 Å². The summed E-state index contributed by atoms with van der Waals surface area (Å²) >= 11 is 6.02. The second kappa shape index (κ2) is 8.97. The molecule has 11 heteroatoms. The van der Waals surface area contributed by atoms with Crippen LogP contribution in [0.5, 0.6) is 11.5 Å². The van der Waals surface area contributed by atoms with Crippen molar-refractivity contribution >= 4 is 44.3 Å². The van der Waals surface area contributed by atoms with Crippen molar-refractivity contribution in [1.29, 1.82) is 0 Å². The predicted molar refractivity (Wildman–Crippen MR) is 123 cm³/mol. The third-order valence-corrected chi connectivity index (χ3v) is 7.68. The smallest absolute Gasteiger partial charge is 0.246 e. The molecule has 0 radical (unpaired) electrons. The van der Waals surface area contributed by atoms with Gasteiger partial charge in [0.1, 0.15) is 22.2 Å². The van der Waals surface area contributed by atoms with E-state index >= 15 is 0 Å². The van der Waals surface area contributed by atoms with Crippen LogP contribution in [0, 0.1) is 5.92 Å². The molecule has 170 valence electrons. The van der Waals surface area contributed by atoms with E-state index in [1.54, 1.807) is 18.2 Å². The number of ether oxygens (including phenoxy) is 2. The number of halogens is 1. The van der Waals surface area contributed by atoms with Crippen molar-refractivity contribution in [2.45, 2.75) is 17.7 Å². The molecule has 0 amide bonds. The van der Waals surface area contributed by atoms with Gasteiger partial charge in [-0.1, -0.05) is 17.7 Å². The van der Waals surface area contributed by atoms with Crippen LogP contribution in [-0.2, 0) is 10.0 Å². The molecule has 0 spiro atoms. The molecule has 0 unspecified atom stereocenters. The van der Waals surface area contributed by atoms with Gasteiger partial charge in [-0.25, -0.2) is 13.4 Å². The number of rotatable bonds is 6. The summed E-state index contributed by atoms with van der Waals surface area (Å²) in [5.74, 6) is 1.42. The molecule has 2 heterocycles. The van der Waals surface area contributed by atoms with Gasteiger partial charge in [-0.15, -0.1) is 0 Å². The molecular weight excluding hydrogens is 454 g/mol. The zero-order valence-electron chi connectivity index (χ0n) is 17.5. The fourth-order valence-corrected chi connectivity index (χ4v) is 5.72. The lowest BCUT2D eigenvalue weighted by Gasteiger charge is -2.31. The summed E-state index contributed by atoms with van der Waals surface area (Å²) in [6.45, 7) is 1.18. The normalized spacial score (nSPS) is 15.7. The summed E-state index contributed by atoms with van der Waals surface area (Å²) in [5, 5.41) is 0.961. The first-order valence-electron chi connectivity index (χ1n) is 10.1. The molecule has 1 fully saturated rings. The third kappa shape index (κ3) is 4.38. The van der Waals surface area contributed by atoms with Crippen LogP contribution in [0.2, 0.25) is 5.02 Å². The van der Waals surface area contributed by atoms with Crippen molar-refractivity contribution in [3.8, 4) is 11.5 Å². The molecule has 1 aromatic heterocycles. The average molecular weight is 478 g/mol. The lowest BCUT2D eigenvalue weighted by atomic mass is 9.99. The van der Waals surface area contributed by atoms with E-state index in [0.29, 0.717) is 54.2 Å². The lowest BCUT2D eigenvalue weighted by Crippen LogP contribution is -2.39.